The Morgan fingerprint density at radius 2 is 1.77 bits per heavy atom. The summed E-state index contributed by atoms with van der Waals surface area (Å²) < 4.78 is 5.66. The minimum atomic E-state index is -0.219. The van der Waals surface area contributed by atoms with E-state index >= 15 is 0 Å². The van der Waals surface area contributed by atoms with Crippen LogP contribution in [0.15, 0.2) is 60.7 Å². The Bertz CT molecular complexity index is 1030. The molecule has 0 aromatic heterocycles. The van der Waals surface area contributed by atoms with Crippen molar-refractivity contribution < 1.29 is 9.53 Å². The SMILES string of the molecule is CCN1CCN(c2ccc(NC(=O)COc3ccc4ccccc4c3)cc2Cl)CC1. The Labute approximate surface area is 182 Å². The Hall–Kier alpha value is -2.76. The number of ether oxygens (including phenoxy) is 1. The Morgan fingerprint density at radius 3 is 2.50 bits per heavy atom. The fourth-order valence-electron chi connectivity index (χ4n) is 3.75. The molecule has 0 saturated carbocycles. The van der Waals surface area contributed by atoms with Gasteiger partial charge in [0.15, 0.2) is 6.61 Å². The predicted octanol–water partition coefficient (Wildman–Crippen LogP) is 4.65. The Kier molecular flexibility index (Phi) is 6.41. The maximum atomic E-state index is 12.3. The Balaban J connectivity index is 1.33. The number of nitrogens with zero attached hydrogens (tertiary/aromatic N) is 2. The van der Waals surface area contributed by atoms with Gasteiger partial charge in [0, 0.05) is 31.9 Å². The number of amides is 1. The van der Waals surface area contributed by atoms with Crippen molar-refractivity contribution in [2.45, 2.75) is 6.92 Å². The van der Waals surface area contributed by atoms with E-state index in [1.54, 1.807) is 6.07 Å². The van der Waals surface area contributed by atoms with E-state index in [-0.39, 0.29) is 12.5 Å². The zero-order valence-corrected chi connectivity index (χ0v) is 17.9. The third-order valence-corrected chi connectivity index (χ3v) is 5.79. The van der Waals surface area contributed by atoms with Crippen LogP contribution >= 0.6 is 11.6 Å². The highest BCUT2D eigenvalue weighted by molar-refractivity contribution is 6.33. The highest BCUT2D eigenvalue weighted by Gasteiger charge is 2.18. The van der Waals surface area contributed by atoms with Crippen LogP contribution in [0.25, 0.3) is 10.8 Å². The first-order chi connectivity index (χ1) is 14.6. The summed E-state index contributed by atoms with van der Waals surface area (Å²) in [5.41, 5.74) is 1.68. The number of carbonyl (C=O) groups is 1. The zero-order chi connectivity index (χ0) is 20.9. The lowest BCUT2D eigenvalue weighted by Crippen LogP contribution is -2.46. The Morgan fingerprint density at radius 1 is 1.00 bits per heavy atom. The summed E-state index contributed by atoms with van der Waals surface area (Å²) in [6.07, 6.45) is 0. The summed E-state index contributed by atoms with van der Waals surface area (Å²) in [6.45, 7) is 7.20. The van der Waals surface area contributed by atoms with Gasteiger partial charge in [0.2, 0.25) is 0 Å². The van der Waals surface area contributed by atoms with Gasteiger partial charge in [0.05, 0.1) is 10.7 Å². The number of carbonyl (C=O) groups excluding carboxylic acids is 1. The molecule has 6 heteroatoms. The molecule has 30 heavy (non-hydrogen) atoms. The van der Waals surface area contributed by atoms with Crippen LogP contribution in [0.2, 0.25) is 5.02 Å². The van der Waals surface area contributed by atoms with Crippen LogP contribution in [0.1, 0.15) is 6.92 Å². The van der Waals surface area contributed by atoms with Gasteiger partial charge < -0.3 is 19.9 Å². The third kappa shape index (κ3) is 4.86. The summed E-state index contributed by atoms with van der Waals surface area (Å²) in [7, 11) is 0. The lowest BCUT2D eigenvalue weighted by Gasteiger charge is -2.36. The molecule has 1 fully saturated rings. The molecule has 0 radical (unpaired) electrons. The normalized spacial score (nSPS) is 14.7. The van der Waals surface area contributed by atoms with E-state index in [0.717, 1.165) is 49.2 Å². The number of hydrogen-bond acceptors (Lipinski definition) is 4. The van der Waals surface area contributed by atoms with Gasteiger partial charge in [-0.3, -0.25) is 4.79 Å². The van der Waals surface area contributed by atoms with Gasteiger partial charge in [0.1, 0.15) is 5.75 Å². The highest BCUT2D eigenvalue weighted by Crippen LogP contribution is 2.29. The molecule has 1 amide bonds. The number of nitrogens with one attached hydrogen (secondary N) is 1. The second-order valence-corrected chi connectivity index (χ2v) is 7.84. The first-order valence-electron chi connectivity index (χ1n) is 10.3. The summed E-state index contributed by atoms with van der Waals surface area (Å²) in [6, 6.07) is 19.5. The lowest BCUT2D eigenvalue weighted by molar-refractivity contribution is -0.118. The number of anilines is 2. The lowest BCUT2D eigenvalue weighted by atomic mass is 10.1. The van der Waals surface area contributed by atoms with Crippen LogP contribution in [-0.4, -0.2) is 50.1 Å². The zero-order valence-electron chi connectivity index (χ0n) is 17.1. The van der Waals surface area contributed by atoms with Crippen LogP contribution < -0.4 is 15.0 Å². The van der Waals surface area contributed by atoms with Crippen molar-refractivity contribution in [1.82, 2.24) is 4.90 Å². The third-order valence-electron chi connectivity index (χ3n) is 5.48. The second kappa shape index (κ2) is 9.37. The molecule has 1 aliphatic heterocycles. The molecule has 1 aliphatic rings. The number of fused-ring (bicyclic) bond motifs is 1. The molecular formula is C24H26ClN3O2. The molecular weight excluding hydrogens is 398 g/mol. The van der Waals surface area contributed by atoms with E-state index < -0.39 is 0 Å². The van der Waals surface area contributed by atoms with Gasteiger partial charge in [-0.15, -0.1) is 0 Å². The maximum absolute atomic E-state index is 12.3. The number of piperazine rings is 1. The molecule has 5 nitrogen and oxygen atoms in total. The topological polar surface area (TPSA) is 44.8 Å². The van der Waals surface area contributed by atoms with E-state index in [9.17, 15) is 4.79 Å². The number of benzene rings is 3. The molecule has 1 N–H and O–H groups in total. The largest absolute Gasteiger partial charge is 0.484 e. The molecule has 0 bridgehead atoms. The number of halogens is 1. The van der Waals surface area contributed by atoms with E-state index in [1.165, 1.54) is 0 Å². The minimum absolute atomic E-state index is 0.0588. The molecule has 0 spiro atoms. The van der Waals surface area contributed by atoms with Crippen molar-refractivity contribution in [2.75, 3.05) is 49.5 Å². The summed E-state index contributed by atoms with van der Waals surface area (Å²) in [5, 5.41) is 5.73. The van der Waals surface area contributed by atoms with Gasteiger partial charge in [-0.05, 0) is 47.6 Å². The maximum Gasteiger partial charge on any atom is 0.262 e. The fraction of sp³-hybridized carbons (Fsp3) is 0.292. The van der Waals surface area contributed by atoms with Gasteiger partial charge in [-0.2, -0.15) is 0 Å². The van der Waals surface area contributed by atoms with Crippen molar-refractivity contribution >= 4 is 39.7 Å². The van der Waals surface area contributed by atoms with Gasteiger partial charge in [-0.25, -0.2) is 0 Å². The van der Waals surface area contributed by atoms with Crippen LogP contribution in [0.5, 0.6) is 5.75 Å². The molecule has 4 rings (SSSR count). The molecule has 3 aromatic carbocycles. The molecule has 0 unspecified atom stereocenters. The number of hydrogen-bond donors (Lipinski definition) is 1. The van der Waals surface area contributed by atoms with Crippen molar-refractivity contribution in [3.63, 3.8) is 0 Å². The van der Waals surface area contributed by atoms with Crippen molar-refractivity contribution in [3.05, 3.63) is 65.7 Å². The number of rotatable bonds is 6. The molecule has 3 aromatic rings. The van der Waals surface area contributed by atoms with Crippen LogP contribution in [-0.2, 0) is 4.79 Å². The average Bonchev–Trinajstić information content (AvgIpc) is 2.78. The van der Waals surface area contributed by atoms with Gasteiger partial charge in [0.25, 0.3) is 5.91 Å². The molecule has 1 heterocycles. The molecule has 0 atom stereocenters. The minimum Gasteiger partial charge on any atom is -0.484 e. The van der Waals surface area contributed by atoms with Crippen LogP contribution in [0.3, 0.4) is 0 Å². The monoisotopic (exact) mass is 423 g/mol. The average molecular weight is 424 g/mol. The summed E-state index contributed by atoms with van der Waals surface area (Å²) in [5.74, 6) is 0.451. The summed E-state index contributed by atoms with van der Waals surface area (Å²) in [4.78, 5) is 17.0. The molecule has 156 valence electrons. The first-order valence-corrected chi connectivity index (χ1v) is 10.7. The van der Waals surface area contributed by atoms with E-state index in [2.05, 4.69) is 22.0 Å². The van der Waals surface area contributed by atoms with Crippen LogP contribution in [0.4, 0.5) is 11.4 Å². The summed E-state index contributed by atoms with van der Waals surface area (Å²) >= 11 is 6.51. The van der Waals surface area contributed by atoms with Crippen molar-refractivity contribution in [3.8, 4) is 5.75 Å². The fourth-order valence-corrected chi connectivity index (χ4v) is 4.05. The van der Waals surface area contributed by atoms with Crippen molar-refractivity contribution in [1.29, 1.82) is 0 Å². The highest BCUT2D eigenvalue weighted by atomic mass is 35.5. The van der Waals surface area contributed by atoms with Gasteiger partial charge in [-0.1, -0.05) is 48.9 Å². The van der Waals surface area contributed by atoms with E-state index in [4.69, 9.17) is 16.3 Å². The number of likely N-dealkylation sites (N-methyl/N-ethyl adjacent to an activating group) is 1. The van der Waals surface area contributed by atoms with Crippen LogP contribution in [0, 0.1) is 0 Å². The van der Waals surface area contributed by atoms with Crippen molar-refractivity contribution in [2.24, 2.45) is 0 Å². The van der Waals surface area contributed by atoms with E-state index in [1.807, 2.05) is 54.6 Å². The standard InChI is InChI=1S/C24H26ClN3O2/c1-2-27-11-13-28(14-12-27)23-10-8-20(16-22(23)25)26-24(29)17-30-21-9-7-18-5-3-4-6-19(18)15-21/h3-10,15-16H,2,11-14,17H2,1H3,(H,26,29). The smallest absolute Gasteiger partial charge is 0.262 e. The first kappa shape index (κ1) is 20.5. The quantitative estimate of drug-likeness (QED) is 0.626. The molecule has 1 saturated heterocycles. The predicted molar refractivity (Wildman–Crippen MR) is 124 cm³/mol. The molecule has 0 aliphatic carbocycles. The van der Waals surface area contributed by atoms with Gasteiger partial charge >= 0.3 is 0 Å². The second-order valence-electron chi connectivity index (χ2n) is 7.43. The van der Waals surface area contributed by atoms with E-state index in [0.29, 0.717) is 16.5 Å².